The summed E-state index contributed by atoms with van der Waals surface area (Å²) in [5, 5.41) is 16.6. The fourth-order valence-electron chi connectivity index (χ4n) is 2.46. The quantitative estimate of drug-likeness (QED) is 0.503. The van der Waals surface area contributed by atoms with Crippen molar-refractivity contribution in [3.05, 3.63) is 27.8 Å². The second kappa shape index (κ2) is 9.59. The first kappa shape index (κ1) is 21.2. The lowest BCUT2D eigenvalue weighted by Gasteiger charge is -2.21. The highest BCUT2D eigenvalue weighted by Gasteiger charge is 2.23. The van der Waals surface area contributed by atoms with Crippen LogP contribution in [0.1, 0.15) is 26.3 Å². The number of nitrogens with zero attached hydrogens (tertiary/aromatic N) is 1. The molecule has 0 aliphatic rings. The van der Waals surface area contributed by atoms with Crippen LogP contribution in [0.2, 0.25) is 0 Å². The zero-order chi connectivity index (χ0) is 19.9. The second-order valence-corrected chi connectivity index (χ2v) is 6.06. The molecule has 0 heterocycles. The number of hydrogen-bond acceptors (Lipinski definition) is 6. The summed E-state index contributed by atoms with van der Waals surface area (Å²) in [6.07, 6.45) is 0.229. The van der Waals surface area contributed by atoms with E-state index in [2.05, 4.69) is 10.6 Å². The number of ether oxygens (including phenoxy) is 2. The van der Waals surface area contributed by atoms with Gasteiger partial charge in [0.05, 0.1) is 25.2 Å². The van der Waals surface area contributed by atoms with Gasteiger partial charge in [-0.1, -0.05) is 13.8 Å². The van der Waals surface area contributed by atoms with E-state index in [0.29, 0.717) is 11.3 Å². The van der Waals surface area contributed by atoms with Crippen molar-refractivity contribution in [2.24, 2.45) is 5.92 Å². The summed E-state index contributed by atoms with van der Waals surface area (Å²) >= 11 is 0. The Morgan fingerprint density at radius 3 is 2.23 bits per heavy atom. The Hall–Kier alpha value is -2.84. The molecule has 9 nitrogen and oxygen atoms in total. The molecule has 2 N–H and O–H groups in total. The highest BCUT2D eigenvalue weighted by molar-refractivity contribution is 5.87. The zero-order valence-corrected chi connectivity index (χ0v) is 15.6. The van der Waals surface area contributed by atoms with E-state index in [1.54, 1.807) is 0 Å². The number of amides is 2. The third-order valence-electron chi connectivity index (χ3n) is 3.78. The molecule has 0 aliphatic carbocycles. The first-order valence-corrected chi connectivity index (χ1v) is 8.15. The topological polar surface area (TPSA) is 120 Å². The van der Waals surface area contributed by atoms with Crippen LogP contribution in [0.25, 0.3) is 0 Å². The monoisotopic (exact) mass is 367 g/mol. The largest absolute Gasteiger partial charge is 0.493 e. The summed E-state index contributed by atoms with van der Waals surface area (Å²) in [7, 11) is 2.84. The van der Waals surface area contributed by atoms with E-state index in [9.17, 15) is 19.7 Å². The summed E-state index contributed by atoms with van der Waals surface area (Å²) in [4.78, 5) is 34.2. The number of nitrogens with one attached hydrogen (secondary N) is 2. The minimum absolute atomic E-state index is 0.0886. The van der Waals surface area contributed by atoms with Crippen molar-refractivity contribution >= 4 is 17.5 Å². The van der Waals surface area contributed by atoms with Crippen LogP contribution in [0.5, 0.6) is 11.5 Å². The molecule has 0 aromatic heterocycles. The molecule has 1 atom stereocenters. The van der Waals surface area contributed by atoms with E-state index in [-0.39, 0.29) is 42.1 Å². The number of benzene rings is 1. The van der Waals surface area contributed by atoms with Gasteiger partial charge in [0, 0.05) is 19.0 Å². The summed E-state index contributed by atoms with van der Waals surface area (Å²) in [5.41, 5.74) is 0.299. The van der Waals surface area contributed by atoms with Gasteiger partial charge in [-0.2, -0.15) is 0 Å². The molecule has 26 heavy (non-hydrogen) atoms. The van der Waals surface area contributed by atoms with Gasteiger partial charge in [-0.05, 0) is 18.4 Å². The van der Waals surface area contributed by atoms with Crippen LogP contribution >= 0.6 is 0 Å². The third-order valence-corrected chi connectivity index (χ3v) is 3.78. The Kier molecular flexibility index (Phi) is 7.82. The van der Waals surface area contributed by atoms with Crippen LogP contribution in [-0.2, 0) is 16.0 Å². The predicted molar refractivity (Wildman–Crippen MR) is 95.4 cm³/mol. The maximum Gasteiger partial charge on any atom is 0.276 e. The van der Waals surface area contributed by atoms with Crippen LogP contribution in [0.3, 0.4) is 0 Å². The molecular formula is C17H25N3O6. The van der Waals surface area contributed by atoms with Gasteiger partial charge in [-0.25, -0.2) is 0 Å². The van der Waals surface area contributed by atoms with Crippen LogP contribution in [0.15, 0.2) is 12.1 Å². The highest BCUT2D eigenvalue weighted by atomic mass is 16.6. The van der Waals surface area contributed by atoms with Crippen LogP contribution in [-0.4, -0.2) is 43.5 Å². The number of hydrogen-bond donors (Lipinski definition) is 2. The number of nitro groups is 1. The Labute approximate surface area is 152 Å². The van der Waals surface area contributed by atoms with E-state index in [1.165, 1.54) is 33.3 Å². The summed E-state index contributed by atoms with van der Waals surface area (Å²) < 4.78 is 10.3. The smallest absolute Gasteiger partial charge is 0.276 e. The number of nitro benzene ring substituents is 1. The zero-order valence-electron chi connectivity index (χ0n) is 15.6. The fraction of sp³-hybridized carbons (Fsp3) is 0.529. The van der Waals surface area contributed by atoms with Gasteiger partial charge < -0.3 is 20.1 Å². The van der Waals surface area contributed by atoms with E-state index >= 15 is 0 Å². The van der Waals surface area contributed by atoms with Crippen molar-refractivity contribution in [2.75, 3.05) is 20.8 Å². The lowest BCUT2D eigenvalue weighted by Crippen LogP contribution is -2.49. The molecule has 1 aromatic carbocycles. The SMILES string of the molecule is COc1cc(CCNC(=O)C(NC(C)=O)C(C)C)c([N+](=O)[O-])cc1OC. The number of rotatable bonds is 9. The van der Waals surface area contributed by atoms with Gasteiger partial charge in [0.2, 0.25) is 11.8 Å². The average molecular weight is 367 g/mol. The van der Waals surface area contributed by atoms with Gasteiger partial charge in [0.15, 0.2) is 11.5 Å². The third kappa shape index (κ3) is 5.61. The van der Waals surface area contributed by atoms with Gasteiger partial charge in [-0.3, -0.25) is 19.7 Å². The summed E-state index contributed by atoms with van der Waals surface area (Å²) in [6.45, 7) is 5.16. The Morgan fingerprint density at radius 2 is 1.77 bits per heavy atom. The van der Waals surface area contributed by atoms with Gasteiger partial charge >= 0.3 is 0 Å². The predicted octanol–water partition coefficient (Wildman–Crippen LogP) is 1.43. The van der Waals surface area contributed by atoms with Crippen molar-refractivity contribution in [1.29, 1.82) is 0 Å². The molecular weight excluding hydrogens is 342 g/mol. The molecule has 0 saturated carbocycles. The molecule has 9 heteroatoms. The Bertz CT molecular complexity index is 675. The highest BCUT2D eigenvalue weighted by Crippen LogP contribution is 2.34. The lowest BCUT2D eigenvalue weighted by atomic mass is 10.0. The first-order valence-electron chi connectivity index (χ1n) is 8.15. The maximum atomic E-state index is 12.2. The minimum atomic E-state index is -0.659. The van der Waals surface area contributed by atoms with Crippen molar-refractivity contribution < 1.29 is 24.0 Å². The van der Waals surface area contributed by atoms with Crippen molar-refractivity contribution in [3.8, 4) is 11.5 Å². The van der Waals surface area contributed by atoms with Crippen molar-refractivity contribution in [1.82, 2.24) is 10.6 Å². The van der Waals surface area contributed by atoms with Gasteiger partial charge in [-0.15, -0.1) is 0 Å². The minimum Gasteiger partial charge on any atom is -0.493 e. The maximum absolute atomic E-state index is 12.2. The average Bonchev–Trinajstić information content (AvgIpc) is 2.58. The molecule has 0 radical (unpaired) electrons. The second-order valence-electron chi connectivity index (χ2n) is 6.06. The molecule has 0 spiro atoms. The molecule has 1 unspecified atom stereocenters. The fourth-order valence-corrected chi connectivity index (χ4v) is 2.46. The number of carbonyl (C=O) groups is 2. The van der Waals surface area contributed by atoms with E-state index in [0.717, 1.165) is 0 Å². The normalized spacial score (nSPS) is 11.6. The van der Waals surface area contributed by atoms with Gasteiger partial charge in [0.1, 0.15) is 6.04 Å². The first-order chi connectivity index (χ1) is 12.2. The molecule has 0 bridgehead atoms. The molecule has 0 saturated heterocycles. The lowest BCUT2D eigenvalue weighted by molar-refractivity contribution is -0.385. The van der Waals surface area contributed by atoms with Crippen molar-refractivity contribution in [3.63, 3.8) is 0 Å². The molecule has 0 aliphatic heterocycles. The van der Waals surface area contributed by atoms with Crippen LogP contribution in [0, 0.1) is 16.0 Å². The van der Waals surface area contributed by atoms with Gasteiger partial charge in [0.25, 0.3) is 5.69 Å². The number of carbonyl (C=O) groups excluding carboxylic acids is 2. The molecule has 2 amide bonds. The van der Waals surface area contributed by atoms with Crippen LogP contribution in [0.4, 0.5) is 5.69 Å². The standard InChI is InChI=1S/C17H25N3O6/c1-10(2)16(19-11(3)21)17(22)18-7-6-12-8-14(25-4)15(26-5)9-13(12)20(23)24/h8-10,16H,6-7H2,1-5H3,(H,18,22)(H,19,21). The summed E-state index contributed by atoms with van der Waals surface area (Å²) in [5.74, 6) is -0.0859. The molecule has 1 rings (SSSR count). The van der Waals surface area contributed by atoms with E-state index in [1.807, 2.05) is 13.8 Å². The Morgan fingerprint density at radius 1 is 1.19 bits per heavy atom. The van der Waals surface area contributed by atoms with Crippen molar-refractivity contribution in [2.45, 2.75) is 33.2 Å². The molecule has 1 aromatic rings. The van der Waals surface area contributed by atoms with E-state index in [4.69, 9.17) is 9.47 Å². The number of methoxy groups -OCH3 is 2. The molecule has 0 fully saturated rings. The van der Waals surface area contributed by atoms with E-state index < -0.39 is 11.0 Å². The van der Waals surface area contributed by atoms with Crippen LogP contribution < -0.4 is 20.1 Å². The molecule has 144 valence electrons. The Balaban J connectivity index is 2.87. The summed E-state index contributed by atoms with van der Waals surface area (Å²) in [6, 6.07) is 2.16.